The Morgan fingerprint density at radius 3 is 2.42 bits per heavy atom. The number of nitrogens with zero attached hydrogens (tertiary/aromatic N) is 3. The Morgan fingerprint density at radius 1 is 1.03 bits per heavy atom. The molecule has 2 saturated heterocycles. The molecule has 2 amide bonds. The molecule has 3 aromatic carbocycles. The molecule has 2 aliphatic heterocycles. The summed E-state index contributed by atoms with van der Waals surface area (Å²) in [6, 6.07) is 27.4. The first-order chi connectivity index (χ1) is 18.6. The lowest BCUT2D eigenvalue weighted by Crippen LogP contribution is -2.47. The summed E-state index contributed by atoms with van der Waals surface area (Å²) in [5.41, 5.74) is 7.12. The first-order valence-corrected chi connectivity index (χ1v) is 12.8. The zero-order chi connectivity index (χ0) is 26.1. The number of pyridine rings is 1. The van der Waals surface area contributed by atoms with Crippen molar-refractivity contribution in [3.05, 3.63) is 96.1 Å². The van der Waals surface area contributed by atoms with Crippen molar-refractivity contribution in [3.63, 3.8) is 0 Å². The van der Waals surface area contributed by atoms with Crippen LogP contribution in [0.3, 0.4) is 0 Å². The van der Waals surface area contributed by atoms with Gasteiger partial charge in [0.1, 0.15) is 0 Å². The monoisotopic (exact) mass is 507 g/mol. The van der Waals surface area contributed by atoms with Gasteiger partial charge in [-0.25, -0.2) is 9.78 Å². The topological polar surface area (TPSA) is 86.8 Å². The second-order valence-corrected chi connectivity index (χ2v) is 9.70. The molecule has 1 aromatic heterocycles. The molecule has 8 nitrogen and oxygen atoms in total. The van der Waals surface area contributed by atoms with Crippen molar-refractivity contribution in [3.8, 4) is 11.3 Å². The van der Waals surface area contributed by atoms with E-state index >= 15 is 0 Å². The summed E-state index contributed by atoms with van der Waals surface area (Å²) in [4.78, 5) is 34.4. The maximum Gasteiger partial charge on any atom is 0.433 e. The summed E-state index contributed by atoms with van der Waals surface area (Å²) >= 11 is 0. The molecule has 3 heterocycles. The summed E-state index contributed by atoms with van der Waals surface area (Å²) in [5.74, 6) is -0.396. The lowest BCUT2D eigenvalue weighted by atomic mass is 9.95. The highest BCUT2D eigenvalue weighted by molar-refractivity contribution is 6.10. The number of carbonyl (C=O) groups is 2. The molecular weight excluding hydrogens is 478 g/mol. The van der Waals surface area contributed by atoms with E-state index in [4.69, 9.17) is 9.72 Å². The largest absolute Gasteiger partial charge is 0.451 e. The first-order valence-electron chi connectivity index (χ1n) is 12.8. The number of benzene rings is 3. The third-order valence-corrected chi connectivity index (χ3v) is 7.38. The number of hydrogen-bond donors (Lipinski definition) is 2. The number of aromatic nitrogens is 1. The van der Waals surface area contributed by atoms with Crippen molar-refractivity contribution in [2.45, 2.75) is 25.0 Å². The fourth-order valence-electron chi connectivity index (χ4n) is 5.58. The van der Waals surface area contributed by atoms with Crippen LogP contribution in [0, 0.1) is 0 Å². The minimum absolute atomic E-state index is 0.396. The Hall–Kier alpha value is -4.27. The maximum absolute atomic E-state index is 14.2. The van der Waals surface area contributed by atoms with Crippen LogP contribution in [0.15, 0.2) is 84.9 Å². The Bertz CT molecular complexity index is 1480. The molecule has 4 aromatic rings. The van der Waals surface area contributed by atoms with Gasteiger partial charge in [-0.05, 0) is 24.6 Å². The third kappa shape index (κ3) is 4.49. The van der Waals surface area contributed by atoms with E-state index in [1.54, 1.807) is 24.3 Å². The van der Waals surface area contributed by atoms with Crippen molar-refractivity contribution in [2.75, 3.05) is 25.2 Å². The molecule has 0 spiro atoms. The van der Waals surface area contributed by atoms with E-state index in [2.05, 4.69) is 15.6 Å². The van der Waals surface area contributed by atoms with Gasteiger partial charge in [-0.2, -0.15) is 5.01 Å². The maximum atomic E-state index is 14.2. The minimum atomic E-state index is -0.685. The number of likely N-dealkylation sites (tertiary alicyclic amines) is 1. The summed E-state index contributed by atoms with van der Waals surface area (Å²) in [5, 5.41) is 5.43. The van der Waals surface area contributed by atoms with Gasteiger partial charge in [0.05, 0.1) is 29.6 Å². The number of amides is 2. The molecule has 2 fully saturated rings. The number of rotatable bonds is 5. The van der Waals surface area contributed by atoms with Crippen molar-refractivity contribution >= 4 is 28.6 Å². The molecule has 2 bridgehead atoms. The number of methoxy groups -OCH3 is 1. The summed E-state index contributed by atoms with van der Waals surface area (Å²) in [7, 11) is 1.29. The van der Waals surface area contributed by atoms with Crippen molar-refractivity contribution in [1.29, 1.82) is 0 Å². The molecule has 2 aliphatic rings. The van der Waals surface area contributed by atoms with E-state index in [0.717, 1.165) is 46.7 Å². The van der Waals surface area contributed by atoms with Gasteiger partial charge in [-0.3, -0.25) is 15.1 Å². The first kappa shape index (κ1) is 24.1. The van der Waals surface area contributed by atoms with Crippen molar-refractivity contribution < 1.29 is 14.3 Å². The third-order valence-electron chi connectivity index (χ3n) is 7.38. The molecule has 38 heavy (non-hydrogen) atoms. The lowest BCUT2D eigenvalue weighted by molar-refractivity contribution is 0.0940. The number of carbonyl (C=O) groups excluding carboxylic acids is 2. The summed E-state index contributed by atoms with van der Waals surface area (Å²) < 4.78 is 5.00. The molecule has 2 N–H and O–H groups in total. The number of hydrazine groups is 1. The highest BCUT2D eigenvalue weighted by Crippen LogP contribution is 2.34. The van der Waals surface area contributed by atoms with Crippen LogP contribution in [0.1, 0.15) is 22.3 Å². The van der Waals surface area contributed by atoms with Gasteiger partial charge in [0, 0.05) is 48.2 Å². The van der Waals surface area contributed by atoms with Gasteiger partial charge in [-0.15, -0.1) is 0 Å². The summed E-state index contributed by atoms with van der Waals surface area (Å²) in [6.07, 6.45) is 0.420. The Balaban J connectivity index is 1.50. The smallest absolute Gasteiger partial charge is 0.433 e. The van der Waals surface area contributed by atoms with Crippen LogP contribution in [0.25, 0.3) is 22.2 Å². The van der Waals surface area contributed by atoms with Crippen LogP contribution >= 0.6 is 0 Å². The SMILES string of the molecule is COC(=O)N(NC(=O)c1c(CN2C[C@@H]3CC2CN3)c(-c2ccccc2)nc2ccccc12)c1ccccc1. The van der Waals surface area contributed by atoms with E-state index < -0.39 is 12.0 Å². The number of para-hydroxylation sites is 2. The van der Waals surface area contributed by atoms with Gasteiger partial charge < -0.3 is 10.1 Å². The normalized spacial score (nSPS) is 18.4. The zero-order valence-corrected chi connectivity index (χ0v) is 21.1. The summed E-state index contributed by atoms with van der Waals surface area (Å²) in [6.45, 7) is 2.44. The van der Waals surface area contributed by atoms with Crippen molar-refractivity contribution in [1.82, 2.24) is 20.6 Å². The highest BCUT2D eigenvalue weighted by atomic mass is 16.5. The van der Waals surface area contributed by atoms with Crippen LogP contribution < -0.4 is 15.8 Å². The van der Waals surface area contributed by atoms with E-state index in [-0.39, 0.29) is 0 Å². The van der Waals surface area contributed by atoms with Gasteiger partial charge in [0.2, 0.25) is 0 Å². The molecule has 8 heteroatoms. The number of ether oxygens (including phenoxy) is 1. The molecule has 0 aliphatic carbocycles. The van der Waals surface area contributed by atoms with E-state index in [9.17, 15) is 9.59 Å². The average molecular weight is 508 g/mol. The van der Waals surface area contributed by atoms with Crippen LogP contribution in [0.4, 0.5) is 10.5 Å². The standard InChI is InChI=1S/C30H29N5O3/c1-38-30(37)35(22-12-6-3-7-13-22)33-29(36)27-24-14-8-9-15-26(24)32-28(20-10-4-2-5-11-20)25(27)19-34-18-21-16-23(34)17-31-21/h2-15,21,23,31H,16-19H2,1H3,(H,33,36)/t21-,23?/m0/s1. The van der Waals surface area contributed by atoms with Crippen LogP contribution in [-0.4, -0.2) is 54.2 Å². The Labute approximate surface area is 221 Å². The quantitative estimate of drug-likeness (QED) is 0.390. The second-order valence-electron chi connectivity index (χ2n) is 9.70. The second kappa shape index (κ2) is 10.2. The number of fused-ring (bicyclic) bond motifs is 3. The van der Waals surface area contributed by atoms with E-state index in [1.165, 1.54) is 7.11 Å². The Kier molecular flexibility index (Phi) is 6.49. The van der Waals surface area contributed by atoms with Gasteiger partial charge in [0.15, 0.2) is 0 Å². The predicted octanol–water partition coefficient (Wildman–Crippen LogP) is 4.37. The van der Waals surface area contributed by atoms with Crippen LogP contribution in [0.2, 0.25) is 0 Å². The average Bonchev–Trinajstić information content (AvgIpc) is 3.59. The zero-order valence-electron chi connectivity index (χ0n) is 21.1. The van der Waals surface area contributed by atoms with E-state index in [0.29, 0.717) is 35.4 Å². The molecule has 1 unspecified atom stereocenters. The van der Waals surface area contributed by atoms with Crippen LogP contribution in [0.5, 0.6) is 0 Å². The number of nitrogens with one attached hydrogen (secondary N) is 2. The number of hydrogen-bond acceptors (Lipinski definition) is 6. The molecular formula is C30H29N5O3. The molecule has 192 valence electrons. The fourth-order valence-corrected chi connectivity index (χ4v) is 5.58. The predicted molar refractivity (Wildman–Crippen MR) is 147 cm³/mol. The van der Waals surface area contributed by atoms with Gasteiger partial charge >= 0.3 is 6.09 Å². The minimum Gasteiger partial charge on any atom is -0.451 e. The van der Waals surface area contributed by atoms with Gasteiger partial charge in [-0.1, -0.05) is 66.7 Å². The highest BCUT2D eigenvalue weighted by Gasteiger charge is 2.38. The molecule has 0 radical (unpaired) electrons. The molecule has 6 rings (SSSR count). The number of piperazine rings is 1. The molecule has 0 saturated carbocycles. The van der Waals surface area contributed by atoms with Crippen LogP contribution in [-0.2, 0) is 11.3 Å². The number of anilines is 1. The molecule has 2 atom stereocenters. The Morgan fingerprint density at radius 2 is 1.74 bits per heavy atom. The van der Waals surface area contributed by atoms with Crippen molar-refractivity contribution in [2.24, 2.45) is 0 Å². The van der Waals surface area contributed by atoms with Gasteiger partial charge in [0.25, 0.3) is 5.91 Å². The fraction of sp³-hybridized carbons (Fsp3) is 0.233. The lowest BCUT2D eigenvalue weighted by Gasteiger charge is -2.29. The van der Waals surface area contributed by atoms with E-state index in [1.807, 2.05) is 60.7 Å².